The zero-order valence-corrected chi connectivity index (χ0v) is 7.03. The fourth-order valence-corrected chi connectivity index (χ4v) is 1.11. The number of hydrogen-bond donors (Lipinski definition) is 1. The SMILES string of the molecule is C=CCOc1cccc2n[nH]nc12. The molecule has 0 aliphatic carbocycles. The largest absolute Gasteiger partial charge is 0.487 e. The Balaban J connectivity index is 2.42. The molecule has 1 aromatic heterocycles. The molecule has 0 radical (unpaired) electrons. The highest BCUT2D eigenvalue weighted by Crippen LogP contribution is 2.20. The Bertz CT molecular complexity index is 421. The van der Waals surface area contributed by atoms with Gasteiger partial charge in [0.05, 0.1) is 0 Å². The number of nitrogens with zero attached hydrogens (tertiary/aromatic N) is 2. The fourth-order valence-electron chi connectivity index (χ4n) is 1.11. The molecule has 4 heteroatoms. The summed E-state index contributed by atoms with van der Waals surface area (Å²) in [5, 5.41) is 10.5. The van der Waals surface area contributed by atoms with Gasteiger partial charge in [-0.3, -0.25) is 0 Å². The van der Waals surface area contributed by atoms with E-state index in [-0.39, 0.29) is 0 Å². The van der Waals surface area contributed by atoms with Gasteiger partial charge in [-0.1, -0.05) is 18.7 Å². The molecule has 1 heterocycles. The first-order valence-corrected chi connectivity index (χ1v) is 3.95. The van der Waals surface area contributed by atoms with E-state index in [1.807, 2.05) is 18.2 Å². The van der Waals surface area contributed by atoms with Crippen molar-refractivity contribution in [2.45, 2.75) is 0 Å². The average Bonchev–Trinajstić information content (AvgIpc) is 2.62. The van der Waals surface area contributed by atoms with Gasteiger partial charge in [0, 0.05) is 0 Å². The monoisotopic (exact) mass is 175 g/mol. The Morgan fingerprint density at radius 2 is 2.38 bits per heavy atom. The summed E-state index contributed by atoms with van der Waals surface area (Å²) in [5.41, 5.74) is 1.56. The molecule has 0 bridgehead atoms. The van der Waals surface area contributed by atoms with E-state index in [1.54, 1.807) is 6.08 Å². The zero-order valence-electron chi connectivity index (χ0n) is 7.03. The van der Waals surface area contributed by atoms with Crippen LogP contribution in [0.3, 0.4) is 0 Å². The lowest BCUT2D eigenvalue weighted by Crippen LogP contribution is -1.93. The Labute approximate surface area is 75.2 Å². The molecular formula is C9H9N3O. The van der Waals surface area contributed by atoms with Crippen LogP contribution >= 0.6 is 0 Å². The van der Waals surface area contributed by atoms with Crippen LogP contribution in [-0.4, -0.2) is 22.0 Å². The highest BCUT2D eigenvalue weighted by atomic mass is 16.5. The molecule has 0 fully saturated rings. The molecular weight excluding hydrogens is 166 g/mol. The van der Waals surface area contributed by atoms with Gasteiger partial charge in [-0.15, -0.1) is 0 Å². The molecule has 13 heavy (non-hydrogen) atoms. The van der Waals surface area contributed by atoms with Gasteiger partial charge in [-0.25, -0.2) is 0 Å². The third-order valence-corrected chi connectivity index (χ3v) is 1.67. The molecule has 0 aliphatic heterocycles. The van der Waals surface area contributed by atoms with Gasteiger partial charge in [0.1, 0.15) is 17.9 Å². The van der Waals surface area contributed by atoms with Gasteiger partial charge in [0.2, 0.25) is 0 Å². The van der Waals surface area contributed by atoms with Crippen LogP contribution in [0.5, 0.6) is 5.75 Å². The highest BCUT2D eigenvalue weighted by Gasteiger charge is 2.03. The first-order valence-electron chi connectivity index (χ1n) is 3.95. The van der Waals surface area contributed by atoms with Gasteiger partial charge in [-0.05, 0) is 12.1 Å². The number of ether oxygens (including phenoxy) is 1. The van der Waals surface area contributed by atoms with Gasteiger partial charge < -0.3 is 4.74 Å². The molecule has 1 N–H and O–H groups in total. The molecule has 0 aliphatic rings. The minimum absolute atomic E-state index is 0.478. The van der Waals surface area contributed by atoms with E-state index < -0.39 is 0 Å². The van der Waals surface area contributed by atoms with Crippen LogP contribution in [0.15, 0.2) is 30.9 Å². The number of nitrogens with one attached hydrogen (secondary N) is 1. The standard InChI is InChI=1S/C9H9N3O/c1-2-6-13-8-5-3-4-7-9(8)11-12-10-7/h2-5H,1,6H2,(H,10,11,12). The molecule has 0 amide bonds. The molecule has 1 aromatic carbocycles. The van der Waals surface area contributed by atoms with Gasteiger partial charge >= 0.3 is 0 Å². The van der Waals surface area contributed by atoms with E-state index in [0.717, 1.165) is 16.8 Å². The number of para-hydroxylation sites is 1. The summed E-state index contributed by atoms with van der Waals surface area (Å²) in [5.74, 6) is 0.728. The fraction of sp³-hybridized carbons (Fsp3) is 0.111. The van der Waals surface area contributed by atoms with Crippen LogP contribution in [0, 0.1) is 0 Å². The normalized spacial score (nSPS) is 10.2. The lowest BCUT2D eigenvalue weighted by atomic mass is 10.3. The molecule has 2 aromatic rings. The van der Waals surface area contributed by atoms with Crippen LogP contribution in [-0.2, 0) is 0 Å². The second-order valence-corrected chi connectivity index (χ2v) is 2.55. The second-order valence-electron chi connectivity index (χ2n) is 2.55. The summed E-state index contributed by atoms with van der Waals surface area (Å²) >= 11 is 0. The number of H-pyrrole nitrogens is 1. The van der Waals surface area contributed by atoms with Crippen molar-refractivity contribution in [2.75, 3.05) is 6.61 Å². The lowest BCUT2D eigenvalue weighted by molar-refractivity contribution is 0.367. The minimum Gasteiger partial charge on any atom is -0.487 e. The third kappa shape index (κ3) is 1.38. The Morgan fingerprint density at radius 3 is 3.23 bits per heavy atom. The van der Waals surface area contributed by atoms with E-state index >= 15 is 0 Å². The highest BCUT2D eigenvalue weighted by molar-refractivity contribution is 5.80. The lowest BCUT2D eigenvalue weighted by Gasteiger charge is -2.01. The molecule has 0 saturated heterocycles. The van der Waals surface area contributed by atoms with Crippen molar-refractivity contribution in [3.05, 3.63) is 30.9 Å². The van der Waals surface area contributed by atoms with E-state index in [9.17, 15) is 0 Å². The van der Waals surface area contributed by atoms with E-state index in [4.69, 9.17) is 4.74 Å². The zero-order chi connectivity index (χ0) is 9.10. The van der Waals surface area contributed by atoms with Crippen LogP contribution in [0.1, 0.15) is 0 Å². The molecule has 0 atom stereocenters. The number of aromatic nitrogens is 3. The minimum atomic E-state index is 0.478. The van der Waals surface area contributed by atoms with E-state index in [1.165, 1.54) is 0 Å². The summed E-state index contributed by atoms with van der Waals surface area (Å²) in [6, 6.07) is 5.61. The third-order valence-electron chi connectivity index (χ3n) is 1.67. The van der Waals surface area contributed by atoms with Crippen molar-refractivity contribution in [1.82, 2.24) is 15.4 Å². The van der Waals surface area contributed by atoms with Gasteiger partial charge in [0.25, 0.3) is 0 Å². The second kappa shape index (κ2) is 3.26. The number of aromatic amines is 1. The van der Waals surface area contributed by atoms with Crippen molar-refractivity contribution < 1.29 is 4.74 Å². The maximum atomic E-state index is 5.39. The van der Waals surface area contributed by atoms with Crippen LogP contribution in [0.4, 0.5) is 0 Å². The summed E-state index contributed by atoms with van der Waals surface area (Å²) in [4.78, 5) is 0. The van der Waals surface area contributed by atoms with E-state index in [0.29, 0.717) is 6.61 Å². The Morgan fingerprint density at radius 1 is 1.46 bits per heavy atom. The van der Waals surface area contributed by atoms with E-state index in [2.05, 4.69) is 22.0 Å². The average molecular weight is 175 g/mol. The summed E-state index contributed by atoms with van der Waals surface area (Å²) < 4.78 is 5.39. The topological polar surface area (TPSA) is 50.8 Å². The van der Waals surface area contributed by atoms with Gasteiger partial charge in [0.15, 0.2) is 5.52 Å². The number of benzene rings is 1. The smallest absolute Gasteiger partial charge is 0.154 e. The van der Waals surface area contributed by atoms with Crippen molar-refractivity contribution >= 4 is 11.0 Å². The predicted octanol–water partition coefficient (Wildman–Crippen LogP) is 1.52. The first-order chi connectivity index (χ1) is 6.42. The Kier molecular flexibility index (Phi) is 1.96. The Hall–Kier alpha value is -1.84. The summed E-state index contributed by atoms with van der Waals surface area (Å²) in [6.07, 6.45) is 1.69. The maximum absolute atomic E-state index is 5.39. The quantitative estimate of drug-likeness (QED) is 0.719. The van der Waals surface area contributed by atoms with Crippen LogP contribution in [0.2, 0.25) is 0 Å². The number of fused-ring (bicyclic) bond motifs is 1. The van der Waals surface area contributed by atoms with Crippen molar-refractivity contribution in [2.24, 2.45) is 0 Å². The number of hydrogen-bond acceptors (Lipinski definition) is 3. The summed E-state index contributed by atoms with van der Waals surface area (Å²) in [6.45, 7) is 4.05. The molecule has 2 rings (SSSR count). The molecule has 4 nitrogen and oxygen atoms in total. The van der Waals surface area contributed by atoms with Crippen LogP contribution in [0.25, 0.3) is 11.0 Å². The summed E-state index contributed by atoms with van der Waals surface area (Å²) in [7, 11) is 0. The molecule has 0 unspecified atom stereocenters. The molecule has 66 valence electrons. The first kappa shape index (κ1) is 7.79. The van der Waals surface area contributed by atoms with Crippen molar-refractivity contribution in [3.8, 4) is 5.75 Å². The molecule has 0 spiro atoms. The number of rotatable bonds is 3. The maximum Gasteiger partial charge on any atom is 0.154 e. The van der Waals surface area contributed by atoms with Crippen molar-refractivity contribution in [3.63, 3.8) is 0 Å². The van der Waals surface area contributed by atoms with Gasteiger partial charge in [-0.2, -0.15) is 15.4 Å². The predicted molar refractivity (Wildman–Crippen MR) is 49.6 cm³/mol. The molecule has 0 saturated carbocycles. The van der Waals surface area contributed by atoms with Crippen molar-refractivity contribution in [1.29, 1.82) is 0 Å². The van der Waals surface area contributed by atoms with Crippen LogP contribution < -0.4 is 4.74 Å².